The number of nitrogens with two attached hydrogens (primary N) is 2. The Morgan fingerprint density at radius 1 is 1.20 bits per heavy atom. The summed E-state index contributed by atoms with van der Waals surface area (Å²) in [4.78, 5) is 19.4. The number of carbonyl (C=O) groups is 1. The van der Waals surface area contributed by atoms with Gasteiger partial charge in [-0.2, -0.15) is 4.98 Å². The molecular weight excluding hydrogens is 276 g/mol. The Bertz CT molecular complexity index is 671. The fourth-order valence-electron chi connectivity index (χ4n) is 1.51. The van der Waals surface area contributed by atoms with E-state index < -0.39 is 5.91 Å². The van der Waals surface area contributed by atoms with Gasteiger partial charge in [0.05, 0.1) is 0 Å². The second-order valence-electron chi connectivity index (χ2n) is 4.03. The number of primary amides is 1. The van der Waals surface area contributed by atoms with Crippen LogP contribution in [0, 0.1) is 6.92 Å². The van der Waals surface area contributed by atoms with Crippen LogP contribution in [-0.4, -0.2) is 20.9 Å². The smallest absolute Gasteiger partial charge is 0.322 e. The summed E-state index contributed by atoms with van der Waals surface area (Å²) in [5.74, 6) is -0.0198. The third kappa shape index (κ3) is 3.27. The zero-order chi connectivity index (χ0) is 14.7. The highest BCUT2D eigenvalue weighted by molar-refractivity contribution is 7.80. The van der Waals surface area contributed by atoms with Gasteiger partial charge >= 0.3 is 6.01 Å². The topological polar surface area (TPSA) is 104 Å². The monoisotopic (exact) mass is 288 g/mol. The van der Waals surface area contributed by atoms with Crippen molar-refractivity contribution in [3.05, 3.63) is 47.3 Å². The second-order valence-corrected chi connectivity index (χ2v) is 4.47. The van der Waals surface area contributed by atoms with Gasteiger partial charge < -0.3 is 16.2 Å². The van der Waals surface area contributed by atoms with Gasteiger partial charge in [-0.25, -0.2) is 4.98 Å². The van der Waals surface area contributed by atoms with Crippen molar-refractivity contribution >= 4 is 23.1 Å². The number of aryl methyl sites for hydroxylation is 1. The van der Waals surface area contributed by atoms with Gasteiger partial charge in [-0.05, 0) is 37.3 Å². The van der Waals surface area contributed by atoms with Crippen molar-refractivity contribution in [2.75, 3.05) is 0 Å². The van der Waals surface area contributed by atoms with Gasteiger partial charge in [0.1, 0.15) is 16.4 Å². The van der Waals surface area contributed by atoms with Crippen LogP contribution in [0.5, 0.6) is 11.8 Å². The van der Waals surface area contributed by atoms with Gasteiger partial charge in [0.15, 0.2) is 0 Å². The molecule has 0 aliphatic heterocycles. The first-order valence-corrected chi connectivity index (χ1v) is 6.10. The highest BCUT2D eigenvalue weighted by Crippen LogP contribution is 2.19. The van der Waals surface area contributed by atoms with Gasteiger partial charge in [0.2, 0.25) is 5.91 Å². The van der Waals surface area contributed by atoms with Crippen LogP contribution in [0.1, 0.15) is 21.7 Å². The van der Waals surface area contributed by atoms with Crippen molar-refractivity contribution < 1.29 is 9.53 Å². The van der Waals surface area contributed by atoms with E-state index in [-0.39, 0.29) is 11.0 Å². The number of ether oxygens (including phenoxy) is 1. The standard InChI is InChI=1S/C13H12N4O2S/c1-7-6-10(12(15)20)17-13(16-7)19-9-4-2-8(3-5-9)11(14)18/h2-6H,1H3,(H2,14,18)(H2,15,20). The molecule has 2 aromatic rings. The molecular formula is C13H12N4O2S. The summed E-state index contributed by atoms with van der Waals surface area (Å²) in [6.07, 6.45) is 0. The normalized spacial score (nSPS) is 10.1. The lowest BCUT2D eigenvalue weighted by atomic mass is 10.2. The van der Waals surface area contributed by atoms with Gasteiger partial charge in [-0.15, -0.1) is 0 Å². The number of carbonyl (C=O) groups excluding carboxylic acids is 1. The number of rotatable bonds is 4. The Hall–Kier alpha value is -2.54. The SMILES string of the molecule is Cc1cc(C(N)=S)nc(Oc2ccc(C(N)=O)cc2)n1. The van der Waals surface area contributed by atoms with Crippen molar-refractivity contribution in [2.24, 2.45) is 11.5 Å². The molecule has 0 fully saturated rings. The molecule has 7 heteroatoms. The van der Waals surface area contributed by atoms with Crippen LogP contribution >= 0.6 is 12.2 Å². The van der Waals surface area contributed by atoms with Crippen LogP contribution in [0.25, 0.3) is 0 Å². The van der Waals surface area contributed by atoms with Crippen molar-refractivity contribution in [1.29, 1.82) is 0 Å². The molecule has 0 aliphatic rings. The molecule has 6 nitrogen and oxygen atoms in total. The first kappa shape index (κ1) is 13.9. The molecule has 0 saturated heterocycles. The number of hydrogen-bond donors (Lipinski definition) is 2. The minimum atomic E-state index is -0.501. The zero-order valence-corrected chi connectivity index (χ0v) is 11.5. The number of hydrogen-bond acceptors (Lipinski definition) is 5. The van der Waals surface area contributed by atoms with Crippen molar-refractivity contribution in [3.8, 4) is 11.8 Å². The molecule has 1 heterocycles. The predicted octanol–water partition coefficient (Wildman–Crippen LogP) is 1.31. The van der Waals surface area contributed by atoms with Crippen molar-refractivity contribution in [2.45, 2.75) is 6.92 Å². The lowest BCUT2D eigenvalue weighted by Gasteiger charge is -2.06. The van der Waals surface area contributed by atoms with Crippen LogP contribution < -0.4 is 16.2 Å². The van der Waals surface area contributed by atoms with Gasteiger partial charge in [-0.3, -0.25) is 4.79 Å². The van der Waals surface area contributed by atoms with E-state index in [1.165, 1.54) is 0 Å². The molecule has 4 N–H and O–H groups in total. The Labute approximate surface area is 120 Å². The molecule has 0 radical (unpaired) electrons. The Balaban J connectivity index is 2.25. The van der Waals surface area contributed by atoms with E-state index >= 15 is 0 Å². The first-order chi connectivity index (χ1) is 9.45. The van der Waals surface area contributed by atoms with Crippen LogP contribution in [0.4, 0.5) is 0 Å². The van der Waals surface area contributed by atoms with Crippen LogP contribution in [-0.2, 0) is 0 Å². The minimum absolute atomic E-state index is 0.139. The highest BCUT2D eigenvalue weighted by Gasteiger charge is 2.07. The maximum Gasteiger partial charge on any atom is 0.322 e. The molecule has 0 spiro atoms. The van der Waals surface area contributed by atoms with E-state index in [4.69, 9.17) is 28.4 Å². The Morgan fingerprint density at radius 2 is 1.85 bits per heavy atom. The number of nitrogens with zero attached hydrogens (tertiary/aromatic N) is 2. The van der Waals surface area contributed by atoms with Crippen molar-refractivity contribution in [3.63, 3.8) is 0 Å². The molecule has 1 aromatic carbocycles. The largest absolute Gasteiger partial charge is 0.424 e. The third-order valence-corrected chi connectivity index (χ3v) is 2.64. The maximum atomic E-state index is 11.0. The number of benzene rings is 1. The van der Waals surface area contributed by atoms with Gasteiger partial charge in [0.25, 0.3) is 0 Å². The van der Waals surface area contributed by atoms with Gasteiger partial charge in [0, 0.05) is 11.3 Å². The average Bonchev–Trinajstić information content (AvgIpc) is 2.38. The van der Waals surface area contributed by atoms with Crippen LogP contribution in [0.3, 0.4) is 0 Å². The molecule has 102 valence electrons. The van der Waals surface area contributed by atoms with Crippen LogP contribution in [0.2, 0.25) is 0 Å². The zero-order valence-electron chi connectivity index (χ0n) is 10.7. The van der Waals surface area contributed by atoms with Crippen molar-refractivity contribution in [1.82, 2.24) is 9.97 Å². The summed E-state index contributed by atoms with van der Waals surface area (Å²) in [6.45, 7) is 1.78. The molecule has 0 bridgehead atoms. The van der Waals surface area contributed by atoms with E-state index in [9.17, 15) is 4.79 Å². The summed E-state index contributed by atoms with van der Waals surface area (Å²) in [6, 6.07) is 8.13. The summed E-state index contributed by atoms with van der Waals surface area (Å²) in [5, 5.41) is 0. The van der Waals surface area contributed by atoms with E-state index in [2.05, 4.69) is 9.97 Å². The first-order valence-electron chi connectivity index (χ1n) is 5.69. The molecule has 0 saturated carbocycles. The summed E-state index contributed by atoms with van der Waals surface area (Å²) in [5.41, 5.74) is 12.2. The second kappa shape index (κ2) is 5.62. The molecule has 1 amide bonds. The fraction of sp³-hybridized carbons (Fsp3) is 0.0769. The molecule has 0 aliphatic carbocycles. The summed E-state index contributed by atoms with van der Waals surface area (Å²) in [7, 11) is 0. The summed E-state index contributed by atoms with van der Waals surface area (Å²) < 4.78 is 5.50. The lowest BCUT2D eigenvalue weighted by molar-refractivity contribution is 0.100. The summed E-state index contributed by atoms with van der Waals surface area (Å²) >= 11 is 4.87. The molecule has 2 rings (SSSR count). The molecule has 0 unspecified atom stereocenters. The Morgan fingerprint density at radius 3 is 2.40 bits per heavy atom. The van der Waals surface area contributed by atoms with Crippen LogP contribution in [0.15, 0.2) is 30.3 Å². The van der Waals surface area contributed by atoms with E-state index in [1.807, 2.05) is 0 Å². The molecule has 1 aromatic heterocycles. The van der Waals surface area contributed by atoms with E-state index in [0.29, 0.717) is 22.7 Å². The van der Waals surface area contributed by atoms with E-state index in [0.717, 1.165) is 0 Å². The van der Waals surface area contributed by atoms with Gasteiger partial charge in [-0.1, -0.05) is 12.2 Å². The number of thiocarbonyl (C=S) groups is 1. The van der Waals surface area contributed by atoms with E-state index in [1.54, 1.807) is 37.3 Å². The molecule has 20 heavy (non-hydrogen) atoms. The predicted molar refractivity (Wildman–Crippen MR) is 77.7 cm³/mol. The minimum Gasteiger partial charge on any atom is -0.424 e. The number of amides is 1. The lowest BCUT2D eigenvalue weighted by Crippen LogP contribution is -2.13. The quantitative estimate of drug-likeness (QED) is 0.822. The number of aromatic nitrogens is 2. The fourth-order valence-corrected chi connectivity index (χ4v) is 1.61. The third-order valence-electron chi connectivity index (χ3n) is 2.43. The molecule has 0 atom stereocenters. The average molecular weight is 288 g/mol. The Kier molecular flexibility index (Phi) is 3.90. The highest BCUT2D eigenvalue weighted by atomic mass is 32.1. The maximum absolute atomic E-state index is 11.0.